The van der Waals surface area contributed by atoms with Crippen molar-refractivity contribution in [3.8, 4) is 5.75 Å². The lowest BCUT2D eigenvalue weighted by atomic mass is 9.93. The summed E-state index contributed by atoms with van der Waals surface area (Å²) in [5.41, 5.74) is 1.09. The van der Waals surface area contributed by atoms with Crippen LogP contribution >= 0.6 is 11.8 Å². The SMILES string of the molecule is CC(=O)Oc1c2n(ccc1=O)N([C@@H]1c3cccc(F)c3CSc3c(C)cccc31)CN([C@H](C)C(F)(F)F)C2=O. The van der Waals surface area contributed by atoms with Gasteiger partial charge in [-0.25, -0.2) is 4.39 Å². The lowest BCUT2D eigenvalue weighted by molar-refractivity contribution is -0.173. The smallest absolute Gasteiger partial charge is 0.408 e. The average Bonchev–Trinajstić information content (AvgIpc) is 3.03. The molecule has 2 aromatic carbocycles. The first-order valence-corrected chi connectivity index (χ1v) is 13.0. The number of pyridine rings is 1. The average molecular weight is 562 g/mol. The number of amides is 1. The molecule has 204 valence electrons. The van der Waals surface area contributed by atoms with E-state index < -0.39 is 59.5 Å². The summed E-state index contributed by atoms with van der Waals surface area (Å²) in [7, 11) is 0. The highest BCUT2D eigenvalue weighted by molar-refractivity contribution is 7.98. The summed E-state index contributed by atoms with van der Waals surface area (Å²) < 4.78 is 63.4. The number of fused-ring (bicyclic) bond motifs is 3. The van der Waals surface area contributed by atoms with Gasteiger partial charge in [0.15, 0.2) is 5.69 Å². The molecule has 1 aromatic heterocycles. The summed E-state index contributed by atoms with van der Waals surface area (Å²) >= 11 is 1.41. The normalized spacial score (nSPS) is 17.6. The van der Waals surface area contributed by atoms with E-state index in [0.717, 1.165) is 30.4 Å². The number of aryl methyl sites for hydroxylation is 1. The second-order valence-electron chi connectivity index (χ2n) is 9.36. The van der Waals surface area contributed by atoms with Crippen molar-refractivity contribution < 1.29 is 31.9 Å². The van der Waals surface area contributed by atoms with Gasteiger partial charge in [0, 0.05) is 35.4 Å². The highest BCUT2D eigenvalue weighted by atomic mass is 32.2. The van der Waals surface area contributed by atoms with Crippen molar-refractivity contribution in [1.82, 2.24) is 9.58 Å². The lowest BCUT2D eigenvalue weighted by Gasteiger charge is -2.46. The maximum absolute atomic E-state index is 15.1. The Bertz CT molecular complexity index is 1500. The number of esters is 1. The zero-order valence-electron chi connectivity index (χ0n) is 21.1. The van der Waals surface area contributed by atoms with E-state index in [0.29, 0.717) is 21.6 Å². The molecule has 3 heterocycles. The van der Waals surface area contributed by atoms with Gasteiger partial charge < -0.3 is 9.64 Å². The van der Waals surface area contributed by atoms with Crippen LogP contribution in [-0.4, -0.2) is 40.3 Å². The van der Waals surface area contributed by atoms with E-state index in [4.69, 9.17) is 4.74 Å². The molecule has 0 bridgehead atoms. The van der Waals surface area contributed by atoms with Crippen LogP contribution in [0.1, 0.15) is 52.6 Å². The molecule has 0 radical (unpaired) electrons. The molecule has 1 amide bonds. The number of carbonyl (C=O) groups is 2. The van der Waals surface area contributed by atoms with E-state index in [9.17, 15) is 27.6 Å². The van der Waals surface area contributed by atoms with Crippen LogP contribution < -0.4 is 15.2 Å². The second-order valence-corrected chi connectivity index (χ2v) is 10.3. The highest BCUT2D eigenvalue weighted by Gasteiger charge is 2.48. The molecule has 0 saturated heterocycles. The number of hydrogen-bond donors (Lipinski definition) is 0. The van der Waals surface area contributed by atoms with Gasteiger partial charge in [-0.3, -0.25) is 24.1 Å². The molecule has 0 unspecified atom stereocenters. The third-order valence-corrected chi connectivity index (χ3v) is 8.18. The number of benzene rings is 2. The van der Waals surface area contributed by atoms with Crippen molar-refractivity contribution in [2.45, 2.75) is 49.7 Å². The maximum atomic E-state index is 15.1. The van der Waals surface area contributed by atoms with Crippen molar-refractivity contribution in [1.29, 1.82) is 0 Å². The number of alkyl halides is 3. The van der Waals surface area contributed by atoms with Crippen molar-refractivity contribution in [3.63, 3.8) is 0 Å². The molecule has 2 atom stereocenters. The Morgan fingerprint density at radius 3 is 2.49 bits per heavy atom. The zero-order chi connectivity index (χ0) is 28.2. The molecule has 2 aliphatic heterocycles. The van der Waals surface area contributed by atoms with E-state index in [2.05, 4.69) is 0 Å². The molecule has 0 fully saturated rings. The largest absolute Gasteiger partial charge is 0.420 e. The summed E-state index contributed by atoms with van der Waals surface area (Å²) in [6, 6.07) is 8.00. The Kier molecular flexibility index (Phi) is 6.69. The van der Waals surface area contributed by atoms with E-state index in [1.807, 2.05) is 19.1 Å². The predicted molar refractivity (Wildman–Crippen MR) is 136 cm³/mol. The van der Waals surface area contributed by atoms with Gasteiger partial charge in [-0.1, -0.05) is 30.3 Å². The summed E-state index contributed by atoms with van der Waals surface area (Å²) in [6.07, 6.45) is -3.54. The monoisotopic (exact) mass is 561 g/mol. The minimum atomic E-state index is -4.79. The molecule has 3 aromatic rings. The van der Waals surface area contributed by atoms with E-state index in [1.54, 1.807) is 12.1 Å². The molecule has 0 aliphatic carbocycles. The fourth-order valence-corrected chi connectivity index (χ4v) is 6.21. The number of thioether (sulfide) groups is 1. The third kappa shape index (κ3) is 4.56. The van der Waals surface area contributed by atoms with Crippen LogP contribution in [0.5, 0.6) is 5.75 Å². The summed E-state index contributed by atoms with van der Waals surface area (Å²) in [5.74, 6) is -2.91. The number of ether oxygens (including phenoxy) is 1. The number of rotatable bonds is 3. The van der Waals surface area contributed by atoms with E-state index in [1.165, 1.54) is 39.8 Å². The Morgan fingerprint density at radius 1 is 1.10 bits per heavy atom. The Morgan fingerprint density at radius 2 is 1.79 bits per heavy atom. The van der Waals surface area contributed by atoms with E-state index in [-0.39, 0.29) is 5.75 Å². The van der Waals surface area contributed by atoms with E-state index >= 15 is 4.39 Å². The number of hydrogen-bond acceptors (Lipinski definition) is 6. The predicted octanol–water partition coefficient (Wildman–Crippen LogP) is 4.92. The summed E-state index contributed by atoms with van der Waals surface area (Å²) in [5, 5.41) is 1.47. The first kappa shape index (κ1) is 26.8. The Hall–Kier alpha value is -3.80. The maximum Gasteiger partial charge on any atom is 0.408 e. The Balaban J connectivity index is 1.83. The van der Waals surface area contributed by atoms with Crippen LogP contribution in [0.15, 0.2) is 58.4 Å². The van der Waals surface area contributed by atoms with Crippen molar-refractivity contribution in [3.05, 3.63) is 92.6 Å². The van der Waals surface area contributed by atoms with Gasteiger partial charge in [0.1, 0.15) is 18.5 Å². The first-order chi connectivity index (χ1) is 18.4. The van der Waals surface area contributed by atoms with Crippen LogP contribution in [-0.2, 0) is 10.5 Å². The van der Waals surface area contributed by atoms with Crippen LogP contribution in [0.2, 0.25) is 0 Å². The number of carbonyl (C=O) groups excluding carboxylic acids is 2. The standard InChI is InChI=1S/C27H23F4N3O4S/c1-14-6-4-8-18-22(17-7-5-9-20(28)19(17)12-39-25(14)18)34-13-32(15(2)27(29,30)31)26(37)23-24(38-16(3)35)21(36)10-11-33(23)34/h4-11,15,22H,12-13H2,1-3H3/t15-,22-/m1/s1. The first-order valence-electron chi connectivity index (χ1n) is 12.0. The number of halogens is 4. The van der Waals surface area contributed by atoms with Crippen LogP contribution in [0, 0.1) is 12.7 Å². The minimum Gasteiger partial charge on any atom is -0.420 e. The van der Waals surface area contributed by atoms with Gasteiger partial charge in [0.05, 0.1) is 6.04 Å². The second kappa shape index (κ2) is 9.74. The zero-order valence-corrected chi connectivity index (χ0v) is 21.9. The molecule has 0 spiro atoms. The quantitative estimate of drug-likeness (QED) is 0.334. The van der Waals surface area contributed by atoms with Crippen LogP contribution in [0.4, 0.5) is 17.6 Å². The van der Waals surface area contributed by atoms with Gasteiger partial charge in [-0.15, -0.1) is 11.8 Å². The number of nitrogens with zero attached hydrogens (tertiary/aromatic N) is 3. The van der Waals surface area contributed by atoms with Crippen molar-refractivity contribution >= 4 is 23.6 Å². The lowest BCUT2D eigenvalue weighted by Crippen LogP contribution is -2.60. The molecule has 7 nitrogen and oxygen atoms in total. The molecular formula is C27H23F4N3O4S. The molecule has 5 rings (SSSR count). The fourth-order valence-electron chi connectivity index (χ4n) is 4.97. The summed E-state index contributed by atoms with van der Waals surface area (Å²) in [6.45, 7) is 3.20. The number of aromatic nitrogens is 1. The van der Waals surface area contributed by atoms with Crippen molar-refractivity contribution in [2.75, 3.05) is 11.7 Å². The third-order valence-electron chi connectivity index (χ3n) is 6.91. The Labute approximate surface area is 224 Å². The van der Waals surface area contributed by atoms with Gasteiger partial charge >= 0.3 is 12.1 Å². The van der Waals surface area contributed by atoms with Crippen LogP contribution in [0.3, 0.4) is 0 Å². The molecular weight excluding hydrogens is 538 g/mol. The highest BCUT2D eigenvalue weighted by Crippen LogP contribution is 2.45. The fraction of sp³-hybridized carbons (Fsp3) is 0.296. The molecule has 12 heteroatoms. The summed E-state index contributed by atoms with van der Waals surface area (Å²) in [4.78, 5) is 39.5. The molecule has 2 aliphatic rings. The van der Waals surface area contributed by atoms with Gasteiger partial charge in [0.25, 0.3) is 5.91 Å². The van der Waals surface area contributed by atoms with Gasteiger partial charge in [0.2, 0.25) is 11.2 Å². The van der Waals surface area contributed by atoms with Crippen molar-refractivity contribution in [2.24, 2.45) is 0 Å². The van der Waals surface area contributed by atoms with Crippen LogP contribution in [0.25, 0.3) is 0 Å². The topological polar surface area (TPSA) is 71.8 Å². The van der Waals surface area contributed by atoms with Gasteiger partial charge in [-0.05, 0) is 36.6 Å². The molecule has 0 saturated carbocycles. The minimum absolute atomic E-state index is 0.279. The molecule has 0 N–H and O–H groups in total. The molecule has 39 heavy (non-hydrogen) atoms. The van der Waals surface area contributed by atoms with Gasteiger partial charge in [-0.2, -0.15) is 13.2 Å².